The second-order valence-corrected chi connectivity index (χ2v) is 4.96. The summed E-state index contributed by atoms with van der Waals surface area (Å²) in [5.41, 5.74) is 2.74. The van der Waals surface area contributed by atoms with Crippen molar-refractivity contribution in [1.82, 2.24) is 20.2 Å². The van der Waals surface area contributed by atoms with Gasteiger partial charge in [0.1, 0.15) is 0 Å². The van der Waals surface area contributed by atoms with Crippen LogP contribution in [0.1, 0.15) is 30.3 Å². The third-order valence-electron chi connectivity index (χ3n) is 3.94. The average Bonchev–Trinajstić information content (AvgIpc) is 2.73. The van der Waals surface area contributed by atoms with Crippen LogP contribution in [-0.2, 0) is 13.5 Å². The van der Waals surface area contributed by atoms with E-state index in [1.54, 1.807) is 0 Å². The summed E-state index contributed by atoms with van der Waals surface area (Å²) in [6.07, 6.45) is 5.61. The number of aryl methyl sites for hydroxylation is 1. The van der Waals surface area contributed by atoms with E-state index in [2.05, 4.69) is 27.2 Å². The second-order valence-electron chi connectivity index (χ2n) is 4.96. The topological polar surface area (TPSA) is 41.9 Å². The van der Waals surface area contributed by atoms with Gasteiger partial charge in [-0.2, -0.15) is 0 Å². The van der Waals surface area contributed by atoms with Crippen molar-refractivity contribution >= 4 is 0 Å². The summed E-state index contributed by atoms with van der Waals surface area (Å²) in [7, 11) is 2.12. The predicted molar refractivity (Wildman–Crippen MR) is 63.2 cm³/mol. The van der Waals surface area contributed by atoms with E-state index in [4.69, 9.17) is 0 Å². The SMILES string of the molecule is Cn1cnc2c1C(C1CCNCC1)NCC2. The molecular formula is C12H20N4. The summed E-state index contributed by atoms with van der Waals surface area (Å²) in [6.45, 7) is 3.41. The molecule has 0 saturated carbocycles. The van der Waals surface area contributed by atoms with Crippen LogP contribution < -0.4 is 10.6 Å². The van der Waals surface area contributed by atoms with Gasteiger partial charge in [-0.25, -0.2) is 4.98 Å². The van der Waals surface area contributed by atoms with Crippen LogP contribution >= 0.6 is 0 Å². The first-order chi connectivity index (χ1) is 7.86. The summed E-state index contributed by atoms with van der Waals surface area (Å²) >= 11 is 0. The van der Waals surface area contributed by atoms with E-state index < -0.39 is 0 Å². The highest BCUT2D eigenvalue weighted by molar-refractivity contribution is 5.21. The number of rotatable bonds is 1. The molecule has 4 nitrogen and oxygen atoms in total. The van der Waals surface area contributed by atoms with Crippen LogP contribution in [0.3, 0.4) is 0 Å². The van der Waals surface area contributed by atoms with Crippen LogP contribution in [0.4, 0.5) is 0 Å². The number of imidazole rings is 1. The standard InChI is InChI=1S/C12H20N4/c1-16-8-15-10-4-7-14-11(12(10)16)9-2-5-13-6-3-9/h8-9,11,13-14H,2-7H2,1H3. The highest BCUT2D eigenvalue weighted by Gasteiger charge is 2.31. The monoisotopic (exact) mass is 220 g/mol. The van der Waals surface area contributed by atoms with Crippen molar-refractivity contribution < 1.29 is 0 Å². The number of hydrogen-bond donors (Lipinski definition) is 2. The molecule has 16 heavy (non-hydrogen) atoms. The van der Waals surface area contributed by atoms with E-state index in [-0.39, 0.29) is 0 Å². The van der Waals surface area contributed by atoms with Gasteiger partial charge in [0.2, 0.25) is 0 Å². The lowest BCUT2D eigenvalue weighted by Gasteiger charge is -2.34. The molecule has 88 valence electrons. The molecule has 1 fully saturated rings. The van der Waals surface area contributed by atoms with Gasteiger partial charge in [-0.05, 0) is 31.8 Å². The number of piperidine rings is 1. The van der Waals surface area contributed by atoms with Gasteiger partial charge in [0.25, 0.3) is 0 Å². The van der Waals surface area contributed by atoms with Crippen LogP contribution in [0, 0.1) is 5.92 Å². The third kappa shape index (κ3) is 1.66. The van der Waals surface area contributed by atoms with Gasteiger partial charge in [-0.15, -0.1) is 0 Å². The first kappa shape index (κ1) is 10.3. The Balaban J connectivity index is 1.88. The quantitative estimate of drug-likeness (QED) is 0.728. The van der Waals surface area contributed by atoms with Crippen molar-refractivity contribution in [1.29, 1.82) is 0 Å². The van der Waals surface area contributed by atoms with E-state index in [0.29, 0.717) is 6.04 Å². The first-order valence-electron chi connectivity index (χ1n) is 6.30. The molecule has 3 heterocycles. The summed E-state index contributed by atoms with van der Waals surface area (Å²) in [4.78, 5) is 4.51. The molecule has 0 radical (unpaired) electrons. The van der Waals surface area contributed by atoms with Gasteiger partial charge in [-0.3, -0.25) is 0 Å². The molecule has 2 N–H and O–H groups in total. The van der Waals surface area contributed by atoms with Crippen LogP contribution in [0.25, 0.3) is 0 Å². The fourth-order valence-corrected chi connectivity index (χ4v) is 3.09. The smallest absolute Gasteiger partial charge is 0.0949 e. The van der Waals surface area contributed by atoms with Crippen molar-refractivity contribution in [2.75, 3.05) is 19.6 Å². The Morgan fingerprint density at radius 2 is 2.12 bits per heavy atom. The summed E-state index contributed by atoms with van der Waals surface area (Å²) < 4.78 is 2.20. The Morgan fingerprint density at radius 1 is 1.31 bits per heavy atom. The molecule has 1 aromatic heterocycles. The lowest BCUT2D eigenvalue weighted by Crippen LogP contribution is -2.40. The Labute approximate surface area is 96.4 Å². The van der Waals surface area contributed by atoms with Crippen molar-refractivity contribution in [3.63, 3.8) is 0 Å². The molecule has 0 aliphatic carbocycles. The van der Waals surface area contributed by atoms with Gasteiger partial charge in [-0.1, -0.05) is 0 Å². The van der Waals surface area contributed by atoms with Crippen molar-refractivity contribution in [2.45, 2.75) is 25.3 Å². The van der Waals surface area contributed by atoms with Crippen LogP contribution in [0.2, 0.25) is 0 Å². The second kappa shape index (κ2) is 4.18. The maximum Gasteiger partial charge on any atom is 0.0949 e. The summed E-state index contributed by atoms with van der Waals surface area (Å²) in [6, 6.07) is 0.526. The Morgan fingerprint density at radius 3 is 2.94 bits per heavy atom. The van der Waals surface area contributed by atoms with E-state index in [1.807, 2.05) is 6.33 Å². The molecule has 0 spiro atoms. The number of nitrogens with zero attached hydrogens (tertiary/aromatic N) is 2. The lowest BCUT2D eigenvalue weighted by molar-refractivity contribution is 0.267. The predicted octanol–water partition coefficient (Wildman–Crippen LogP) is 0.606. The summed E-state index contributed by atoms with van der Waals surface area (Å²) in [5.74, 6) is 0.774. The molecule has 3 rings (SSSR count). The largest absolute Gasteiger partial charge is 0.336 e. The van der Waals surface area contributed by atoms with Crippen molar-refractivity contribution in [3.05, 3.63) is 17.7 Å². The minimum absolute atomic E-state index is 0.526. The van der Waals surface area contributed by atoms with Gasteiger partial charge in [0.05, 0.1) is 23.8 Å². The molecular weight excluding hydrogens is 200 g/mol. The van der Waals surface area contributed by atoms with Gasteiger partial charge in [0, 0.05) is 20.0 Å². The molecule has 0 amide bonds. The highest BCUT2D eigenvalue weighted by atomic mass is 15.1. The van der Waals surface area contributed by atoms with E-state index in [0.717, 1.165) is 32.0 Å². The van der Waals surface area contributed by atoms with Crippen molar-refractivity contribution in [2.24, 2.45) is 13.0 Å². The highest BCUT2D eigenvalue weighted by Crippen LogP contribution is 2.32. The molecule has 2 aliphatic rings. The molecule has 2 aliphatic heterocycles. The van der Waals surface area contributed by atoms with Crippen LogP contribution in [-0.4, -0.2) is 29.2 Å². The van der Waals surface area contributed by atoms with E-state index in [9.17, 15) is 0 Å². The molecule has 0 bridgehead atoms. The van der Waals surface area contributed by atoms with Crippen molar-refractivity contribution in [3.8, 4) is 0 Å². The van der Waals surface area contributed by atoms with Crippen LogP contribution in [0.15, 0.2) is 6.33 Å². The Kier molecular flexibility index (Phi) is 2.69. The zero-order valence-electron chi connectivity index (χ0n) is 9.87. The first-order valence-corrected chi connectivity index (χ1v) is 6.30. The fourth-order valence-electron chi connectivity index (χ4n) is 3.09. The van der Waals surface area contributed by atoms with Gasteiger partial charge >= 0.3 is 0 Å². The zero-order valence-corrected chi connectivity index (χ0v) is 9.87. The normalized spacial score (nSPS) is 26.7. The number of nitrogens with one attached hydrogen (secondary N) is 2. The Hall–Kier alpha value is -0.870. The van der Waals surface area contributed by atoms with E-state index >= 15 is 0 Å². The molecule has 1 aromatic rings. The minimum atomic E-state index is 0.526. The zero-order chi connectivity index (χ0) is 11.0. The fraction of sp³-hybridized carbons (Fsp3) is 0.750. The number of aromatic nitrogens is 2. The number of hydrogen-bond acceptors (Lipinski definition) is 3. The maximum atomic E-state index is 4.51. The van der Waals surface area contributed by atoms with Crippen LogP contribution in [0.5, 0.6) is 0 Å². The number of fused-ring (bicyclic) bond motifs is 1. The van der Waals surface area contributed by atoms with Gasteiger partial charge < -0.3 is 15.2 Å². The lowest BCUT2D eigenvalue weighted by atomic mass is 9.85. The molecule has 0 aromatic carbocycles. The molecule has 4 heteroatoms. The maximum absolute atomic E-state index is 4.51. The molecule has 1 unspecified atom stereocenters. The third-order valence-corrected chi connectivity index (χ3v) is 3.94. The average molecular weight is 220 g/mol. The van der Waals surface area contributed by atoms with E-state index in [1.165, 1.54) is 24.2 Å². The molecule has 1 saturated heterocycles. The van der Waals surface area contributed by atoms with Gasteiger partial charge in [0.15, 0.2) is 0 Å². The summed E-state index contributed by atoms with van der Waals surface area (Å²) in [5, 5.41) is 7.12. The molecule has 1 atom stereocenters. The Bertz CT molecular complexity index is 365. The minimum Gasteiger partial charge on any atom is -0.336 e.